The standard InChI is InChI=1S/C25H28F6N4O/c1-34(20-14-21(24(26,27)28)33-22(15-20)25(29,30)31)18-10-6-17(7-11-18)32-23(36)16-4-8-19(9-5-16)35-12-2-3-13-35/h4-5,8-9,14-15,17-18H,2-3,6-7,10-13H2,1H3,(H,32,36). The summed E-state index contributed by atoms with van der Waals surface area (Å²) >= 11 is 0. The van der Waals surface area contributed by atoms with Crippen LogP contribution in [-0.4, -0.2) is 43.1 Å². The number of alkyl halides is 6. The molecule has 2 aromatic rings. The Bertz CT molecular complexity index is 1020. The van der Waals surface area contributed by atoms with Crippen LogP contribution in [0.1, 0.15) is 60.3 Å². The predicted octanol–water partition coefficient (Wildman–Crippen LogP) is 5.90. The fraction of sp³-hybridized carbons (Fsp3) is 0.520. The molecule has 0 radical (unpaired) electrons. The molecule has 0 atom stereocenters. The van der Waals surface area contributed by atoms with Gasteiger partial charge in [-0.3, -0.25) is 4.79 Å². The molecule has 1 N–H and O–H groups in total. The highest BCUT2D eigenvalue weighted by molar-refractivity contribution is 5.94. The minimum atomic E-state index is -4.99. The number of halogens is 6. The molecule has 196 valence electrons. The van der Waals surface area contributed by atoms with E-state index in [9.17, 15) is 31.1 Å². The molecule has 11 heteroatoms. The van der Waals surface area contributed by atoms with Gasteiger partial charge in [-0.25, -0.2) is 4.98 Å². The van der Waals surface area contributed by atoms with E-state index in [1.807, 2.05) is 12.1 Å². The van der Waals surface area contributed by atoms with E-state index >= 15 is 0 Å². The number of carbonyl (C=O) groups is 1. The van der Waals surface area contributed by atoms with Gasteiger partial charge >= 0.3 is 12.4 Å². The van der Waals surface area contributed by atoms with Crippen molar-refractivity contribution in [2.45, 2.75) is 63.0 Å². The number of hydrogen-bond acceptors (Lipinski definition) is 4. The molecular weight excluding hydrogens is 486 g/mol. The Morgan fingerprint density at radius 1 is 0.917 bits per heavy atom. The Morgan fingerprint density at radius 2 is 1.44 bits per heavy atom. The van der Waals surface area contributed by atoms with Crippen molar-refractivity contribution in [2.24, 2.45) is 0 Å². The van der Waals surface area contributed by atoms with Gasteiger partial charge in [0.25, 0.3) is 5.91 Å². The van der Waals surface area contributed by atoms with E-state index in [-0.39, 0.29) is 23.7 Å². The molecule has 1 aromatic heterocycles. The average Bonchev–Trinajstić information content (AvgIpc) is 3.38. The predicted molar refractivity (Wildman–Crippen MR) is 124 cm³/mol. The van der Waals surface area contributed by atoms with Gasteiger partial charge in [0.15, 0.2) is 0 Å². The maximum absolute atomic E-state index is 13.2. The van der Waals surface area contributed by atoms with Gasteiger partial charge in [-0.2, -0.15) is 26.3 Å². The molecule has 2 aliphatic rings. The van der Waals surface area contributed by atoms with Crippen LogP contribution in [0.15, 0.2) is 36.4 Å². The SMILES string of the molecule is CN(c1cc(C(F)(F)F)nc(C(F)(F)F)c1)C1CCC(NC(=O)c2ccc(N3CCCC3)cc2)CC1. The Hall–Kier alpha value is -2.98. The fourth-order valence-corrected chi connectivity index (χ4v) is 4.90. The van der Waals surface area contributed by atoms with Crippen LogP contribution in [-0.2, 0) is 12.4 Å². The number of amides is 1. The molecule has 1 aliphatic carbocycles. The van der Waals surface area contributed by atoms with Crippen LogP contribution in [0.25, 0.3) is 0 Å². The van der Waals surface area contributed by atoms with Crippen LogP contribution in [0.3, 0.4) is 0 Å². The van der Waals surface area contributed by atoms with E-state index in [1.54, 1.807) is 12.1 Å². The van der Waals surface area contributed by atoms with Crippen LogP contribution in [0, 0.1) is 0 Å². The van der Waals surface area contributed by atoms with Crippen molar-refractivity contribution >= 4 is 17.3 Å². The third-order valence-electron chi connectivity index (χ3n) is 6.98. The minimum absolute atomic E-state index is 0.116. The van der Waals surface area contributed by atoms with Gasteiger partial charge in [0, 0.05) is 49.2 Å². The van der Waals surface area contributed by atoms with Gasteiger partial charge in [0.05, 0.1) is 0 Å². The summed E-state index contributed by atoms with van der Waals surface area (Å²) in [6.07, 6.45) is -5.51. The minimum Gasteiger partial charge on any atom is -0.372 e. The zero-order valence-electron chi connectivity index (χ0n) is 19.8. The zero-order valence-corrected chi connectivity index (χ0v) is 19.8. The quantitative estimate of drug-likeness (QED) is 0.505. The number of anilines is 2. The molecule has 0 spiro atoms. The van der Waals surface area contributed by atoms with Gasteiger partial charge in [-0.05, 0) is 74.9 Å². The van der Waals surface area contributed by atoms with Gasteiger partial charge in [-0.15, -0.1) is 0 Å². The van der Waals surface area contributed by atoms with Crippen molar-refractivity contribution in [1.29, 1.82) is 0 Å². The molecule has 36 heavy (non-hydrogen) atoms. The van der Waals surface area contributed by atoms with E-state index in [2.05, 4.69) is 15.2 Å². The Morgan fingerprint density at radius 3 is 1.94 bits per heavy atom. The van der Waals surface area contributed by atoms with Crippen LogP contribution in [0.4, 0.5) is 37.7 Å². The summed E-state index contributed by atoms with van der Waals surface area (Å²) in [5, 5.41) is 3.00. The topological polar surface area (TPSA) is 48.5 Å². The monoisotopic (exact) mass is 514 g/mol. The van der Waals surface area contributed by atoms with E-state index < -0.39 is 23.7 Å². The average molecular weight is 515 g/mol. The number of pyridine rings is 1. The molecule has 1 aromatic carbocycles. The summed E-state index contributed by atoms with van der Waals surface area (Å²) in [6.45, 7) is 2.02. The smallest absolute Gasteiger partial charge is 0.372 e. The van der Waals surface area contributed by atoms with Crippen LogP contribution < -0.4 is 15.1 Å². The molecular formula is C25H28F6N4O. The molecule has 0 unspecified atom stereocenters. The summed E-state index contributed by atoms with van der Waals surface area (Å²) < 4.78 is 79.0. The highest BCUT2D eigenvalue weighted by Crippen LogP contribution is 2.37. The first kappa shape index (κ1) is 26.1. The largest absolute Gasteiger partial charge is 0.433 e. The lowest BCUT2D eigenvalue weighted by Gasteiger charge is -2.36. The van der Waals surface area contributed by atoms with Gasteiger partial charge in [0.1, 0.15) is 11.4 Å². The third-order valence-corrected chi connectivity index (χ3v) is 6.98. The van der Waals surface area contributed by atoms with Crippen LogP contribution >= 0.6 is 0 Å². The number of rotatable bonds is 5. The van der Waals surface area contributed by atoms with E-state index in [4.69, 9.17) is 0 Å². The van der Waals surface area contributed by atoms with Gasteiger partial charge in [-0.1, -0.05) is 0 Å². The molecule has 2 heterocycles. The molecule has 0 bridgehead atoms. The Labute approximate surface area is 205 Å². The molecule has 4 rings (SSSR count). The second kappa shape index (κ2) is 10.2. The second-order valence-electron chi connectivity index (χ2n) is 9.42. The molecule has 1 saturated heterocycles. The summed E-state index contributed by atoms with van der Waals surface area (Å²) in [4.78, 5) is 19.2. The highest BCUT2D eigenvalue weighted by atomic mass is 19.4. The van der Waals surface area contributed by atoms with Gasteiger partial charge in [0.2, 0.25) is 0 Å². The van der Waals surface area contributed by atoms with Crippen molar-refractivity contribution in [3.8, 4) is 0 Å². The first-order chi connectivity index (χ1) is 16.9. The number of hydrogen-bond donors (Lipinski definition) is 1. The Balaban J connectivity index is 1.36. The summed E-state index contributed by atoms with van der Waals surface area (Å²) in [7, 11) is 1.49. The lowest BCUT2D eigenvalue weighted by molar-refractivity contribution is -0.150. The van der Waals surface area contributed by atoms with Crippen LogP contribution in [0.5, 0.6) is 0 Å². The zero-order chi connectivity index (χ0) is 26.1. The fourth-order valence-electron chi connectivity index (χ4n) is 4.90. The van der Waals surface area contributed by atoms with E-state index in [0.29, 0.717) is 43.4 Å². The van der Waals surface area contributed by atoms with Crippen LogP contribution in [0.2, 0.25) is 0 Å². The van der Waals surface area contributed by atoms with Crippen molar-refractivity contribution in [3.05, 3.63) is 53.3 Å². The molecule has 2 fully saturated rings. The molecule has 1 saturated carbocycles. The van der Waals surface area contributed by atoms with E-state index in [1.165, 1.54) is 11.9 Å². The van der Waals surface area contributed by atoms with Crippen molar-refractivity contribution in [1.82, 2.24) is 10.3 Å². The number of nitrogens with one attached hydrogen (secondary N) is 1. The maximum Gasteiger partial charge on any atom is 0.433 e. The van der Waals surface area contributed by atoms with Crippen molar-refractivity contribution in [2.75, 3.05) is 29.9 Å². The number of nitrogens with zero attached hydrogens (tertiary/aromatic N) is 3. The molecule has 1 aliphatic heterocycles. The lowest BCUT2D eigenvalue weighted by atomic mass is 9.90. The lowest BCUT2D eigenvalue weighted by Crippen LogP contribution is -2.43. The van der Waals surface area contributed by atoms with Crippen molar-refractivity contribution in [3.63, 3.8) is 0 Å². The molecule has 1 amide bonds. The van der Waals surface area contributed by atoms with E-state index in [0.717, 1.165) is 31.6 Å². The Kier molecular flexibility index (Phi) is 7.38. The maximum atomic E-state index is 13.2. The third kappa shape index (κ3) is 6.04. The second-order valence-corrected chi connectivity index (χ2v) is 9.42. The summed E-state index contributed by atoms with van der Waals surface area (Å²) in [5.74, 6) is -0.196. The first-order valence-electron chi connectivity index (χ1n) is 12.0. The number of benzene rings is 1. The van der Waals surface area contributed by atoms with Gasteiger partial charge < -0.3 is 15.1 Å². The molecule has 5 nitrogen and oxygen atoms in total. The summed E-state index contributed by atoms with van der Waals surface area (Å²) in [5.41, 5.74) is -1.69. The van der Waals surface area contributed by atoms with Crippen molar-refractivity contribution < 1.29 is 31.1 Å². The highest BCUT2D eigenvalue weighted by Gasteiger charge is 2.39. The number of aromatic nitrogens is 1. The first-order valence-corrected chi connectivity index (χ1v) is 12.0. The number of carbonyl (C=O) groups excluding carboxylic acids is 1. The summed E-state index contributed by atoms with van der Waals surface area (Å²) in [6, 6.07) is 8.38. The normalized spacial score (nSPS) is 20.9.